The van der Waals surface area contributed by atoms with Gasteiger partial charge in [0.15, 0.2) is 5.78 Å². The van der Waals surface area contributed by atoms with E-state index in [2.05, 4.69) is 20.3 Å². The molecule has 0 fully saturated rings. The van der Waals surface area contributed by atoms with Crippen molar-refractivity contribution in [3.8, 4) is 11.3 Å². The fraction of sp³-hybridized carbons (Fsp3) is 0.167. The van der Waals surface area contributed by atoms with E-state index >= 15 is 0 Å². The van der Waals surface area contributed by atoms with Gasteiger partial charge in [-0.25, -0.2) is 9.97 Å². The van der Waals surface area contributed by atoms with Crippen molar-refractivity contribution in [3.05, 3.63) is 88.9 Å². The van der Waals surface area contributed by atoms with Gasteiger partial charge in [-0.15, -0.1) is 0 Å². The second kappa shape index (κ2) is 10.4. The molecular weight excluding hydrogens is 490 g/mol. The van der Waals surface area contributed by atoms with Crippen molar-refractivity contribution in [2.45, 2.75) is 27.3 Å². The number of amidine groups is 1. The Morgan fingerprint density at radius 3 is 2.74 bits per heavy atom. The van der Waals surface area contributed by atoms with E-state index in [1.165, 1.54) is 13.0 Å². The average Bonchev–Trinajstić information content (AvgIpc) is 3.50. The molecule has 0 radical (unpaired) electrons. The Morgan fingerprint density at radius 2 is 1.97 bits per heavy atom. The van der Waals surface area contributed by atoms with Crippen molar-refractivity contribution >= 4 is 46.1 Å². The minimum atomic E-state index is -0.0815. The first-order valence-corrected chi connectivity index (χ1v) is 12.5. The van der Waals surface area contributed by atoms with Gasteiger partial charge >= 0.3 is 0 Å². The van der Waals surface area contributed by atoms with E-state index in [4.69, 9.17) is 10.7 Å². The minimum Gasteiger partial charge on any atom is -0.392 e. The molecule has 1 aliphatic rings. The second-order valence-electron chi connectivity index (χ2n) is 9.43. The number of hydrogen-bond acceptors (Lipinski definition) is 6. The van der Waals surface area contributed by atoms with E-state index in [0.29, 0.717) is 17.9 Å². The van der Waals surface area contributed by atoms with Crippen LogP contribution in [-0.2, 0) is 11.3 Å². The summed E-state index contributed by atoms with van der Waals surface area (Å²) in [4.78, 5) is 43.5. The predicted molar refractivity (Wildman–Crippen MR) is 155 cm³/mol. The number of nitrogens with two attached hydrogens (primary N) is 1. The smallest absolute Gasteiger partial charge is 0.259 e. The van der Waals surface area contributed by atoms with Gasteiger partial charge in [-0.05, 0) is 61.7 Å². The van der Waals surface area contributed by atoms with Gasteiger partial charge in [0, 0.05) is 41.7 Å². The Bertz CT molecular complexity index is 1710. The van der Waals surface area contributed by atoms with Gasteiger partial charge in [-0.1, -0.05) is 30.3 Å². The summed E-state index contributed by atoms with van der Waals surface area (Å²) >= 11 is 0. The Balaban J connectivity index is 1.54. The Hall–Kier alpha value is -5.05. The third kappa shape index (κ3) is 4.94. The van der Waals surface area contributed by atoms with Gasteiger partial charge in [0.1, 0.15) is 5.84 Å². The number of H-pyrrole nitrogens is 1. The normalized spacial score (nSPS) is 13.9. The van der Waals surface area contributed by atoms with E-state index in [1.54, 1.807) is 23.2 Å². The number of aromatic amines is 1. The highest BCUT2D eigenvalue weighted by molar-refractivity contribution is 6.15. The molecule has 2 aromatic heterocycles. The lowest BCUT2D eigenvalue weighted by molar-refractivity contribution is -0.112. The number of carbonyl (C=O) groups excluding carboxylic acids is 2. The van der Waals surface area contributed by atoms with Gasteiger partial charge in [-0.2, -0.15) is 4.99 Å². The van der Waals surface area contributed by atoms with Crippen LogP contribution in [0.25, 0.3) is 28.2 Å². The number of para-hydroxylation sites is 1. The largest absolute Gasteiger partial charge is 0.392 e. The Labute approximate surface area is 226 Å². The van der Waals surface area contributed by atoms with Crippen molar-refractivity contribution in [1.82, 2.24) is 20.3 Å². The zero-order valence-electron chi connectivity index (χ0n) is 22.2. The monoisotopic (exact) mass is 519 g/mol. The number of aliphatic imine (C=N–C) groups is 1. The van der Waals surface area contributed by atoms with E-state index in [0.717, 1.165) is 50.2 Å². The van der Waals surface area contributed by atoms with Crippen LogP contribution in [-0.4, -0.2) is 39.5 Å². The van der Waals surface area contributed by atoms with Crippen LogP contribution in [0, 0.1) is 6.92 Å². The van der Waals surface area contributed by atoms with Gasteiger partial charge in [0.05, 0.1) is 23.4 Å². The van der Waals surface area contributed by atoms with Crippen LogP contribution in [0.5, 0.6) is 0 Å². The first-order valence-electron chi connectivity index (χ1n) is 12.5. The first kappa shape index (κ1) is 25.6. The molecule has 4 N–H and O–H groups in total. The number of ketones is 1. The van der Waals surface area contributed by atoms with Crippen LogP contribution >= 0.6 is 0 Å². The van der Waals surface area contributed by atoms with Crippen molar-refractivity contribution in [3.63, 3.8) is 0 Å². The summed E-state index contributed by atoms with van der Waals surface area (Å²) < 4.78 is 0. The maximum atomic E-state index is 13.5. The van der Waals surface area contributed by atoms with Gasteiger partial charge < -0.3 is 20.9 Å². The minimum absolute atomic E-state index is 0.0430. The van der Waals surface area contributed by atoms with Crippen LogP contribution < -0.4 is 16.0 Å². The summed E-state index contributed by atoms with van der Waals surface area (Å²) in [6, 6.07) is 11.4. The van der Waals surface area contributed by atoms with Crippen molar-refractivity contribution in [2.24, 2.45) is 10.7 Å². The number of fused-ring (bicyclic) bond motifs is 2. The molecule has 39 heavy (non-hydrogen) atoms. The molecule has 3 heterocycles. The molecule has 1 amide bonds. The maximum absolute atomic E-state index is 13.5. The van der Waals surface area contributed by atoms with Crippen molar-refractivity contribution in [2.75, 3.05) is 11.9 Å². The molecule has 0 saturated heterocycles. The molecule has 0 saturated carbocycles. The number of carbonyl (C=O) groups is 2. The van der Waals surface area contributed by atoms with Crippen LogP contribution in [0.4, 0.5) is 11.6 Å². The lowest BCUT2D eigenvalue weighted by Gasteiger charge is -2.17. The predicted octanol–water partition coefficient (Wildman–Crippen LogP) is 4.81. The molecule has 196 valence electrons. The van der Waals surface area contributed by atoms with Crippen molar-refractivity contribution in [1.29, 1.82) is 0 Å². The second-order valence-corrected chi connectivity index (χ2v) is 9.43. The summed E-state index contributed by atoms with van der Waals surface area (Å²) in [5.74, 6) is 0.429. The number of rotatable bonds is 7. The van der Waals surface area contributed by atoms with Crippen molar-refractivity contribution < 1.29 is 9.59 Å². The SMILES string of the molecule is CN/C(C)=C\C(N)=N/c1ncc(C)c(-c2c[nH]c3c(N4Cc5c(/C=C/C(C)=O)cccc5C4=O)cccc23)n1. The standard InChI is InChI=1S/C30H29N7O2/c1-17-14-34-30(35-26(31)13-18(2)32-4)36-27(17)23-15-33-28-21(23)8-6-10-25(28)37-16-24-20(12-11-19(3)38)7-5-9-22(24)29(37)39/h5-15,32-33H,16H2,1-4H3,(H2,31,34,35,36)/b12-11+,18-13-. The number of aromatic nitrogens is 3. The van der Waals surface area contributed by atoms with Gasteiger partial charge in [0.25, 0.3) is 11.9 Å². The molecule has 4 aromatic rings. The van der Waals surface area contributed by atoms with E-state index < -0.39 is 0 Å². The quantitative estimate of drug-likeness (QED) is 0.183. The molecular formula is C30H29N7O2. The summed E-state index contributed by atoms with van der Waals surface area (Å²) in [6.07, 6.45) is 8.62. The molecule has 9 nitrogen and oxygen atoms in total. The Morgan fingerprint density at radius 1 is 1.18 bits per heavy atom. The molecule has 5 rings (SSSR count). The van der Waals surface area contributed by atoms with Gasteiger partial charge in [-0.3, -0.25) is 9.59 Å². The number of benzene rings is 2. The topological polar surface area (TPSA) is 129 Å². The average molecular weight is 520 g/mol. The number of allylic oxidation sites excluding steroid dienone is 2. The van der Waals surface area contributed by atoms with Crippen LogP contribution in [0.2, 0.25) is 0 Å². The number of hydrogen-bond donors (Lipinski definition) is 3. The lowest BCUT2D eigenvalue weighted by atomic mass is 10.0. The summed E-state index contributed by atoms with van der Waals surface area (Å²) in [5.41, 5.74) is 13.4. The number of nitrogens with zero attached hydrogens (tertiary/aromatic N) is 4. The first-order chi connectivity index (χ1) is 18.8. The molecule has 1 aliphatic heterocycles. The number of amides is 1. The zero-order chi connectivity index (χ0) is 27.7. The van der Waals surface area contributed by atoms with Crippen LogP contribution in [0.3, 0.4) is 0 Å². The molecule has 0 spiro atoms. The van der Waals surface area contributed by atoms with E-state index in [1.807, 2.05) is 63.5 Å². The fourth-order valence-electron chi connectivity index (χ4n) is 4.67. The highest BCUT2D eigenvalue weighted by Crippen LogP contribution is 2.38. The fourth-order valence-corrected chi connectivity index (χ4v) is 4.67. The van der Waals surface area contributed by atoms with E-state index in [9.17, 15) is 9.59 Å². The van der Waals surface area contributed by atoms with E-state index in [-0.39, 0.29) is 17.6 Å². The molecule has 9 heteroatoms. The molecule has 0 aliphatic carbocycles. The number of anilines is 1. The highest BCUT2D eigenvalue weighted by atomic mass is 16.2. The third-order valence-corrected chi connectivity index (χ3v) is 6.69. The van der Waals surface area contributed by atoms with Crippen LogP contribution in [0.1, 0.15) is 40.9 Å². The summed E-state index contributed by atoms with van der Waals surface area (Å²) in [6.45, 7) is 5.74. The zero-order valence-corrected chi connectivity index (χ0v) is 22.2. The molecule has 0 bridgehead atoms. The summed E-state index contributed by atoms with van der Waals surface area (Å²) in [7, 11) is 1.81. The lowest BCUT2D eigenvalue weighted by Crippen LogP contribution is -2.23. The highest BCUT2D eigenvalue weighted by Gasteiger charge is 2.31. The van der Waals surface area contributed by atoms with Gasteiger partial charge in [0.2, 0.25) is 0 Å². The molecule has 0 atom stereocenters. The molecule has 0 unspecified atom stereocenters. The Kier molecular flexibility index (Phi) is 6.81. The third-order valence-electron chi connectivity index (χ3n) is 6.69. The maximum Gasteiger partial charge on any atom is 0.259 e. The van der Waals surface area contributed by atoms with Crippen LogP contribution in [0.15, 0.2) is 71.6 Å². The molecule has 2 aromatic carbocycles. The number of aryl methyl sites for hydroxylation is 1. The summed E-state index contributed by atoms with van der Waals surface area (Å²) in [5, 5.41) is 3.93. The number of nitrogens with one attached hydrogen (secondary N) is 2.